The lowest BCUT2D eigenvalue weighted by molar-refractivity contribution is 0.0635. The first-order valence-electron chi connectivity index (χ1n) is 7.82. The summed E-state index contributed by atoms with van der Waals surface area (Å²) in [6.07, 6.45) is 4.68. The summed E-state index contributed by atoms with van der Waals surface area (Å²) in [5.41, 5.74) is 6.75. The zero-order valence-corrected chi connectivity index (χ0v) is 13.6. The van der Waals surface area contributed by atoms with Crippen LogP contribution in [-0.2, 0) is 10.3 Å². The third kappa shape index (κ3) is 4.13. The van der Waals surface area contributed by atoms with Crippen LogP contribution >= 0.6 is 0 Å². The highest BCUT2D eigenvalue weighted by Gasteiger charge is 2.30. The van der Waals surface area contributed by atoms with Crippen LogP contribution in [0.2, 0.25) is 0 Å². The maximum absolute atomic E-state index is 11.8. The minimum atomic E-state index is -0.587. The van der Waals surface area contributed by atoms with Crippen LogP contribution in [0.4, 0.5) is 10.5 Å². The molecule has 0 heterocycles. The molecule has 4 N–H and O–H groups in total. The van der Waals surface area contributed by atoms with E-state index in [1.807, 2.05) is 6.07 Å². The minimum Gasteiger partial charge on any atom is -0.506 e. The van der Waals surface area contributed by atoms with Crippen molar-refractivity contribution in [3.63, 3.8) is 0 Å². The number of amides is 1. The third-order valence-corrected chi connectivity index (χ3v) is 3.95. The smallest absolute Gasteiger partial charge is 0.412 e. The number of nitrogens with one attached hydrogen (secondary N) is 1. The van der Waals surface area contributed by atoms with Crippen LogP contribution < -0.4 is 11.1 Å². The molecule has 22 heavy (non-hydrogen) atoms. The molecule has 0 aromatic heterocycles. The first kappa shape index (κ1) is 16.6. The number of carbonyl (C=O) groups is 1. The van der Waals surface area contributed by atoms with E-state index in [1.165, 1.54) is 6.42 Å². The van der Waals surface area contributed by atoms with Gasteiger partial charge in [0.25, 0.3) is 0 Å². The Bertz CT molecular complexity index is 543. The Balaban J connectivity index is 2.11. The quantitative estimate of drug-likeness (QED) is 0.724. The number of ether oxygens (including phenoxy) is 1. The molecular weight excluding hydrogens is 280 g/mol. The van der Waals surface area contributed by atoms with Crippen molar-refractivity contribution in [2.45, 2.75) is 64.0 Å². The zero-order valence-electron chi connectivity index (χ0n) is 13.6. The van der Waals surface area contributed by atoms with E-state index >= 15 is 0 Å². The van der Waals surface area contributed by atoms with E-state index in [0.717, 1.165) is 31.2 Å². The highest BCUT2D eigenvalue weighted by molar-refractivity contribution is 5.87. The van der Waals surface area contributed by atoms with Gasteiger partial charge in [-0.15, -0.1) is 0 Å². The molecule has 1 amide bonds. The Morgan fingerprint density at radius 1 is 1.27 bits per heavy atom. The Labute approximate surface area is 131 Å². The van der Waals surface area contributed by atoms with E-state index < -0.39 is 11.7 Å². The number of hydrogen-bond donors (Lipinski definition) is 3. The average molecular weight is 306 g/mol. The van der Waals surface area contributed by atoms with Crippen LogP contribution in [0.15, 0.2) is 18.2 Å². The largest absolute Gasteiger partial charge is 0.506 e. The van der Waals surface area contributed by atoms with E-state index in [0.29, 0.717) is 5.69 Å². The third-order valence-electron chi connectivity index (χ3n) is 3.95. The maximum Gasteiger partial charge on any atom is 0.412 e. The Morgan fingerprint density at radius 2 is 1.91 bits per heavy atom. The van der Waals surface area contributed by atoms with Crippen molar-refractivity contribution in [1.29, 1.82) is 0 Å². The van der Waals surface area contributed by atoms with E-state index in [2.05, 4.69) is 5.32 Å². The van der Waals surface area contributed by atoms with Crippen LogP contribution in [0.25, 0.3) is 0 Å². The van der Waals surface area contributed by atoms with Gasteiger partial charge >= 0.3 is 6.09 Å². The molecule has 0 unspecified atom stereocenters. The standard InChI is InChI=1S/C17H26N2O3/c1-16(2,3)22-15(21)19-13-8-7-12(11-14(13)20)17(18)9-5-4-6-10-17/h7-8,11,20H,4-6,9-10,18H2,1-3H3,(H,19,21). The van der Waals surface area contributed by atoms with Gasteiger partial charge in [0, 0.05) is 5.54 Å². The van der Waals surface area contributed by atoms with Gasteiger partial charge in [-0.1, -0.05) is 25.3 Å². The van der Waals surface area contributed by atoms with E-state index in [9.17, 15) is 9.90 Å². The lowest BCUT2D eigenvalue weighted by atomic mass is 9.77. The Hall–Kier alpha value is -1.75. The predicted octanol–water partition coefficient (Wildman–Crippen LogP) is 3.86. The molecular formula is C17H26N2O3. The summed E-state index contributed by atoms with van der Waals surface area (Å²) in [4.78, 5) is 11.8. The van der Waals surface area contributed by atoms with Gasteiger partial charge in [-0.25, -0.2) is 4.79 Å². The molecule has 5 nitrogen and oxygen atoms in total. The fraction of sp³-hybridized carbons (Fsp3) is 0.588. The molecule has 0 atom stereocenters. The number of rotatable bonds is 2. The van der Waals surface area contributed by atoms with Crippen molar-refractivity contribution in [3.8, 4) is 5.75 Å². The molecule has 1 aromatic carbocycles. The molecule has 0 bridgehead atoms. The number of aromatic hydroxyl groups is 1. The number of benzene rings is 1. The molecule has 1 aromatic rings. The minimum absolute atomic E-state index is 0.0127. The second kappa shape index (κ2) is 6.16. The summed E-state index contributed by atoms with van der Waals surface area (Å²) in [6, 6.07) is 5.20. The van der Waals surface area contributed by atoms with Crippen molar-refractivity contribution in [1.82, 2.24) is 0 Å². The van der Waals surface area contributed by atoms with Crippen molar-refractivity contribution in [2.75, 3.05) is 5.32 Å². The molecule has 0 radical (unpaired) electrons. The SMILES string of the molecule is CC(C)(C)OC(=O)Nc1ccc(C2(N)CCCCC2)cc1O. The number of phenols is 1. The molecule has 0 saturated heterocycles. The highest BCUT2D eigenvalue weighted by Crippen LogP contribution is 2.37. The summed E-state index contributed by atoms with van der Waals surface area (Å²) < 4.78 is 5.18. The Kier molecular flexibility index (Phi) is 4.66. The summed E-state index contributed by atoms with van der Waals surface area (Å²) in [5.74, 6) is 0.0127. The van der Waals surface area contributed by atoms with Gasteiger partial charge < -0.3 is 15.6 Å². The van der Waals surface area contributed by atoms with Crippen LogP contribution in [0.5, 0.6) is 5.75 Å². The summed E-state index contributed by atoms with van der Waals surface area (Å²) >= 11 is 0. The normalized spacial score (nSPS) is 17.8. The van der Waals surface area contributed by atoms with Gasteiger partial charge in [-0.3, -0.25) is 5.32 Å². The first-order valence-corrected chi connectivity index (χ1v) is 7.82. The number of anilines is 1. The highest BCUT2D eigenvalue weighted by atomic mass is 16.6. The predicted molar refractivity (Wildman–Crippen MR) is 86.9 cm³/mol. The van der Waals surface area contributed by atoms with E-state index in [1.54, 1.807) is 32.9 Å². The van der Waals surface area contributed by atoms with Crippen molar-refractivity contribution >= 4 is 11.8 Å². The van der Waals surface area contributed by atoms with Crippen molar-refractivity contribution in [3.05, 3.63) is 23.8 Å². The van der Waals surface area contributed by atoms with Crippen molar-refractivity contribution in [2.24, 2.45) is 5.73 Å². The molecule has 1 saturated carbocycles. The van der Waals surface area contributed by atoms with Gasteiger partial charge in [0.15, 0.2) is 0 Å². The molecule has 5 heteroatoms. The van der Waals surface area contributed by atoms with Gasteiger partial charge in [0.1, 0.15) is 11.4 Å². The number of phenolic OH excluding ortho intramolecular Hbond substituents is 1. The lowest BCUT2D eigenvalue weighted by Gasteiger charge is -2.34. The van der Waals surface area contributed by atoms with Crippen LogP contribution in [0.1, 0.15) is 58.4 Å². The van der Waals surface area contributed by atoms with Crippen LogP contribution in [0, 0.1) is 0 Å². The van der Waals surface area contributed by atoms with Crippen LogP contribution in [0.3, 0.4) is 0 Å². The number of carbonyl (C=O) groups excluding carboxylic acids is 1. The molecule has 0 aliphatic heterocycles. The molecule has 1 aliphatic rings. The summed E-state index contributed by atoms with van der Waals surface area (Å²) in [6.45, 7) is 5.37. The fourth-order valence-corrected chi connectivity index (χ4v) is 2.83. The lowest BCUT2D eigenvalue weighted by Crippen LogP contribution is -2.38. The van der Waals surface area contributed by atoms with Gasteiger partial charge in [0.2, 0.25) is 0 Å². The van der Waals surface area contributed by atoms with Gasteiger partial charge in [-0.05, 0) is 51.3 Å². The van der Waals surface area contributed by atoms with Crippen molar-refractivity contribution < 1.29 is 14.6 Å². The monoisotopic (exact) mass is 306 g/mol. The van der Waals surface area contributed by atoms with E-state index in [-0.39, 0.29) is 11.3 Å². The first-order chi connectivity index (χ1) is 10.2. The molecule has 122 valence electrons. The molecule has 1 fully saturated rings. The summed E-state index contributed by atoms with van der Waals surface area (Å²) in [5, 5.41) is 12.7. The summed E-state index contributed by atoms with van der Waals surface area (Å²) in [7, 11) is 0. The van der Waals surface area contributed by atoms with Crippen LogP contribution in [-0.4, -0.2) is 16.8 Å². The van der Waals surface area contributed by atoms with E-state index in [4.69, 9.17) is 10.5 Å². The molecule has 1 aliphatic carbocycles. The maximum atomic E-state index is 11.8. The van der Waals surface area contributed by atoms with Gasteiger partial charge in [-0.2, -0.15) is 0 Å². The second-order valence-corrected chi connectivity index (χ2v) is 7.08. The average Bonchev–Trinajstić information content (AvgIpc) is 2.39. The fourth-order valence-electron chi connectivity index (χ4n) is 2.83. The number of nitrogens with two attached hydrogens (primary N) is 1. The molecule has 0 spiro atoms. The second-order valence-electron chi connectivity index (χ2n) is 7.08. The molecule has 2 rings (SSSR count). The zero-order chi connectivity index (χ0) is 16.4. The Morgan fingerprint density at radius 3 is 2.45 bits per heavy atom. The van der Waals surface area contributed by atoms with Gasteiger partial charge in [0.05, 0.1) is 5.69 Å². The topological polar surface area (TPSA) is 84.6 Å². The number of hydrogen-bond acceptors (Lipinski definition) is 4.